The number of urea groups is 1. The van der Waals surface area contributed by atoms with E-state index in [9.17, 15) is 9.90 Å². The topological polar surface area (TPSA) is 74.2 Å². The Morgan fingerprint density at radius 1 is 1.43 bits per heavy atom. The van der Waals surface area contributed by atoms with Crippen molar-refractivity contribution in [3.8, 4) is 0 Å². The minimum Gasteiger partial charge on any atom is -0.393 e. The van der Waals surface area contributed by atoms with Gasteiger partial charge in [0.2, 0.25) is 0 Å². The lowest BCUT2D eigenvalue weighted by molar-refractivity contribution is 0.101. The van der Waals surface area contributed by atoms with Gasteiger partial charge in [0.15, 0.2) is 0 Å². The lowest BCUT2D eigenvalue weighted by Crippen LogP contribution is -2.42. The molecular formula is C18H29N3O2. The average Bonchev–Trinajstić information content (AvgIpc) is 2.51. The highest BCUT2D eigenvalue weighted by Gasteiger charge is 2.23. The van der Waals surface area contributed by atoms with Gasteiger partial charge in [0, 0.05) is 12.7 Å². The SMILES string of the molecule is Cc1cccnc1C(NC(=O)NCC1CCCC(O)C1)C(C)C. The Bertz CT molecular complexity index is 519. The van der Waals surface area contributed by atoms with E-state index in [1.54, 1.807) is 6.20 Å². The van der Waals surface area contributed by atoms with Crippen LogP contribution in [0.1, 0.15) is 56.8 Å². The molecule has 23 heavy (non-hydrogen) atoms. The van der Waals surface area contributed by atoms with Gasteiger partial charge in [0.05, 0.1) is 17.8 Å². The van der Waals surface area contributed by atoms with Crippen LogP contribution in [0.3, 0.4) is 0 Å². The van der Waals surface area contributed by atoms with Gasteiger partial charge in [-0.1, -0.05) is 26.3 Å². The van der Waals surface area contributed by atoms with E-state index in [-0.39, 0.29) is 24.1 Å². The number of hydrogen-bond acceptors (Lipinski definition) is 3. The highest BCUT2D eigenvalue weighted by atomic mass is 16.3. The van der Waals surface area contributed by atoms with Crippen LogP contribution in [0.25, 0.3) is 0 Å². The van der Waals surface area contributed by atoms with Crippen LogP contribution in [0.4, 0.5) is 4.79 Å². The molecule has 1 aliphatic rings. The van der Waals surface area contributed by atoms with Gasteiger partial charge >= 0.3 is 6.03 Å². The number of hydrogen-bond donors (Lipinski definition) is 3. The number of carbonyl (C=O) groups excluding carboxylic acids is 1. The van der Waals surface area contributed by atoms with Gasteiger partial charge in [-0.15, -0.1) is 0 Å². The van der Waals surface area contributed by atoms with Crippen LogP contribution in [-0.4, -0.2) is 28.8 Å². The van der Waals surface area contributed by atoms with Gasteiger partial charge in [0.25, 0.3) is 0 Å². The highest BCUT2D eigenvalue weighted by Crippen LogP contribution is 2.24. The fraction of sp³-hybridized carbons (Fsp3) is 0.667. The van der Waals surface area contributed by atoms with Crippen molar-refractivity contribution in [2.75, 3.05) is 6.54 Å². The van der Waals surface area contributed by atoms with Gasteiger partial charge in [-0.25, -0.2) is 4.79 Å². The minimum absolute atomic E-state index is 0.104. The Hall–Kier alpha value is -1.62. The summed E-state index contributed by atoms with van der Waals surface area (Å²) in [6, 6.07) is 3.66. The number of rotatable bonds is 5. The molecule has 0 bridgehead atoms. The van der Waals surface area contributed by atoms with Crippen LogP contribution in [0.2, 0.25) is 0 Å². The fourth-order valence-electron chi connectivity index (χ4n) is 3.25. The summed E-state index contributed by atoms with van der Waals surface area (Å²) in [6.45, 7) is 6.79. The van der Waals surface area contributed by atoms with E-state index in [2.05, 4.69) is 29.5 Å². The Balaban J connectivity index is 1.90. The third-order valence-electron chi connectivity index (χ3n) is 4.60. The van der Waals surface area contributed by atoms with E-state index in [0.717, 1.165) is 36.9 Å². The lowest BCUT2D eigenvalue weighted by Gasteiger charge is -2.27. The second kappa shape index (κ2) is 8.29. The average molecular weight is 319 g/mol. The van der Waals surface area contributed by atoms with Gasteiger partial charge < -0.3 is 15.7 Å². The van der Waals surface area contributed by atoms with Crippen molar-refractivity contribution in [2.45, 2.75) is 58.6 Å². The van der Waals surface area contributed by atoms with Crippen molar-refractivity contribution >= 4 is 6.03 Å². The number of aryl methyl sites for hydroxylation is 1. The third-order valence-corrected chi connectivity index (χ3v) is 4.60. The summed E-state index contributed by atoms with van der Waals surface area (Å²) in [5, 5.41) is 15.7. The molecule has 3 unspecified atom stereocenters. The van der Waals surface area contributed by atoms with Gasteiger partial charge in [-0.05, 0) is 49.7 Å². The van der Waals surface area contributed by atoms with E-state index in [1.807, 2.05) is 19.1 Å². The first-order valence-corrected chi connectivity index (χ1v) is 8.61. The van der Waals surface area contributed by atoms with Crippen molar-refractivity contribution in [2.24, 2.45) is 11.8 Å². The molecule has 2 amide bonds. The second-order valence-corrected chi connectivity index (χ2v) is 6.97. The van der Waals surface area contributed by atoms with Crippen molar-refractivity contribution in [3.63, 3.8) is 0 Å². The predicted octanol–water partition coefficient (Wildman–Crippen LogP) is 2.94. The van der Waals surface area contributed by atoms with Crippen LogP contribution in [0.5, 0.6) is 0 Å². The van der Waals surface area contributed by atoms with Gasteiger partial charge in [-0.3, -0.25) is 4.98 Å². The molecule has 0 radical (unpaired) electrons. The van der Waals surface area contributed by atoms with E-state index >= 15 is 0 Å². The number of nitrogens with zero attached hydrogens (tertiary/aromatic N) is 1. The molecular weight excluding hydrogens is 290 g/mol. The molecule has 5 heteroatoms. The maximum atomic E-state index is 12.3. The number of aliphatic hydroxyl groups is 1. The first kappa shape index (κ1) is 17.7. The first-order valence-electron chi connectivity index (χ1n) is 8.61. The molecule has 0 saturated heterocycles. The summed E-state index contributed by atoms with van der Waals surface area (Å²) in [5.41, 5.74) is 2.01. The van der Waals surface area contributed by atoms with Crippen LogP contribution in [0, 0.1) is 18.8 Å². The Labute approximate surface area is 138 Å². The van der Waals surface area contributed by atoms with Crippen LogP contribution in [-0.2, 0) is 0 Å². The van der Waals surface area contributed by atoms with Crippen molar-refractivity contribution in [1.82, 2.24) is 15.6 Å². The number of aliphatic hydroxyl groups excluding tert-OH is 1. The van der Waals surface area contributed by atoms with E-state index in [1.165, 1.54) is 0 Å². The number of aromatic nitrogens is 1. The zero-order valence-electron chi connectivity index (χ0n) is 14.4. The Morgan fingerprint density at radius 2 is 2.22 bits per heavy atom. The summed E-state index contributed by atoms with van der Waals surface area (Å²) in [4.78, 5) is 16.7. The quantitative estimate of drug-likeness (QED) is 0.781. The molecule has 1 aliphatic carbocycles. The summed E-state index contributed by atoms with van der Waals surface area (Å²) in [5.74, 6) is 0.629. The maximum absolute atomic E-state index is 12.3. The number of nitrogens with one attached hydrogen (secondary N) is 2. The van der Waals surface area contributed by atoms with E-state index in [4.69, 9.17) is 0 Å². The maximum Gasteiger partial charge on any atom is 0.315 e. The predicted molar refractivity (Wildman–Crippen MR) is 91.1 cm³/mol. The van der Waals surface area contributed by atoms with Crippen molar-refractivity contribution in [3.05, 3.63) is 29.6 Å². The summed E-state index contributed by atoms with van der Waals surface area (Å²) in [6.07, 6.45) is 5.34. The lowest BCUT2D eigenvalue weighted by atomic mass is 9.87. The largest absolute Gasteiger partial charge is 0.393 e. The molecule has 1 heterocycles. The molecule has 1 saturated carbocycles. The first-order chi connectivity index (χ1) is 11.0. The van der Waals surface area contributed by atoms with Crippen LogP contribution in [0.15, 0.2) is 18.3 Å². The number of amides is 2. The molecule has 1 aromatic rings. The van der Waals surface area contributed by atoms with Crippen molar-refractivity contribution < 1.29 is 9.90 Å². The Morgan fingerprint density at radius 3 is 2.87 bits per heavy atom. The summed E-state index contributed by atoms with van der Waals surface area (Å²) < 4.78 is 0. The third kappa shape index (κ3) is 5.20. The zero-order chi connectivity index (χ0) is 16.8. The molecule has 3 atom stereocenters. The highest BCUT2D eigenvalue weighted by molar-refractivity contribution is 5.74. The second-order valence-electron chi connectivity index (χ2n) is 6.97. The van der Waals surface area contributed by atoms with Gasteiger partial charge in [-0.2, -0.15) is 0 Å². The smallest absolute Gasteiger partial charge is 0.315 e. The molecule has 3 N–H and O–H groups in total. The number of carbonyl (C=O) groups is 1. The monoisotopic (exact) mass is 319 g/mol. The molecule has 5 nitrogen and oxygen atoms in total. The standard InChI is InChI=1S/C18H29N3O2/c1-12(2)16(17-13(3)6-5-9-19-17)21-18(23)20-11-14-7-4-8-15(22)10-14/h5-6,9,12,14-16,22H,4,7-8,10-11H2,1-3H3,(H2,20,21,23). The molecule has 1 aromatic heterocycles. The van der Waals surface area contributed by atoms with Crippen LogP contribution < -0.4 is 10.6 Å². The molecule has 128 valence electrons. The fourth-order valence-corrected chi connectivity index (χ4v) is 3.25. The van der Waals surface area contributed by atoms with Gasteiger partial charge in [0.1, 0.15) is 0 Å². The van der Waals surface area contributed by atoms with Crippen molar-refractivity contribution in [1.29, 1.82) is 0 Å². The molecule has 0 aliphatic heterocycles. The Kier molecular flexibility index (Phi) is 6.39. The van der Waals surface area contributed by atoms with E-state index < -0.39 is 0 Å². The zero-order valence-corrected chi connectivity index (χ0v) is 14.4. The molecule has 0 spiro atoms. The molecule has 2 rings (SSSR count). The van der Waals surface area contributed by atoms with Crippen LogP contribution >= 0.6 is 0 Å². The van der Waals surface area contributed by atoms with E-state index in [0.29, 0.717) is 12.5 Å². The number of pyridine rings is 1. The summed E-state index contributed by atoms with van der Waals surface area (Å²) in [7, 11) is 0. The minimum atomic E-state index is -0.210. The molecule has 1 fully saturated rings. The summed E-state index contributed by atoms with van der Waals surface area (Å²) >= 11 is 0. The normalized spacial score (nSPS) is 22.7. The molecule has 0 aromatic carbocycles.